The smallest absolute Gasteiger partial charge is 0.241 e. The second kappa shape index (κ2) is 5.97. The summed E-state index contributed by atoms with van der Waals surface area (Å²) in [6.45, 7) is 1.77. The van der Waals surface area contributed by atoms with E-state index in [0.717, 1.165) is 12.3 Å². The molecule has 0 aromatic carbocycles. The molecule has 2 amide bonds. The minimum absolute atomic E-state index is 0.0228. The molecule has 15 heavy (non-hydrogen) atoms. The van der Waals surface area contributed by atoms with Gasteiger partial charge < -0.3 is 16.0 Å². The maximum absolute atomic E-state index is 11.7. The molecule has 0 bridgehead atoms. The van der Waals surface area contributed by atoms with Gasteiger partial charge in [0.1, 0.15) is 6.04 Å². The summed E-state index contributed by atoms with van der Waals surface area (Å²) in [6.07, 6.45) is 2.43. The number of primary amides is 1. The lowest BCUT2D eigenvalue weighted by atomic mass is 10.1. The van der Waals surface area contributed by atoms with Crippen molar-refractivity contribution in [2.75, 3.05) is 31.6 Å². The zero-order chi connectivity index (χ0) is 11.3. The molecule has 1 rings (SSSR count). The summed E-state index contributed by atoms with van der Waals surface area (Å²) in [6, 6.07) is -0.479. The molecule has 1 fully saturated rings. The maximum Gasteiger partial charge on any atom is 0.241 e. The van der Waals surface area contributed by atoms with Crippen LogP contribution in [-0.2, 0) is 9.59 Å². The van der Waals surface area contributed by atoms with Crippen LogP contribution in [0.4, 0.5) is 0 Å². The van der Waals surface area contributed by atoms with Crippen LogP contribution in [0, 0.1) is 0 Å². The van der Waals surface area contributed by atoms with Crippen LogP contribution in [0.3, 0.4) is 0 Å². The Morgan fingerprint density at radius 2 is 2.33 bits per heavy atom. The standard InChI is InChI=1S/C9H17N3O2S/c1-15-5-2-8(13)12-4-3-11-6-7(12)9(10)14/h7,11H,2-6H2,1H3,(H2,10,14). The topological polar surface area (TPSA) is 75.4 Å². The molecule has 1 atom stereocenters. The summed E-state index contributed by atoms with van der Waals surface area (Å²) in [5.74, 6) is 0.378. The summed E-state index contributed by atoms with van der Waals surface area (Å²) < 4.78 is 0. The lowest BCUT2D eigenvalue weighted by Gasteiger charge is -2.34. The molecule has 0 radical (unpaired) electrons. The van der Waals surface area contributed by atoms with Crippen LogP contribution in [0.1, 0.15) is 6.42 Å². The van der Waals surface area contributed by atoms with Gasteiger partial charge in [-0.25, -0.2) is 0 Å². The van der Waals surface area contributed by atoms with Gasteiger partial charge in [0, 0.05) is 31.8 Å². The Morgan fingerprint density at radius 3 is 2.93 bits per heavy atom. The van der Waals surface area contributed by atoms with Gasteiger partial charge in [0.25, 0.3) is 0 Å². The number of nitrogens with zero attached hydrogens (tertiary/aromatic N) is 1. The van der Waals surface area contributed by atoms with Gasteiger partial charge >= 0.3 is 0 Å². The number of nitrogens with one attached hydrogen (secondary N) is 1. The highest BCUT2D eigenvalue weighted by Gasteiger charge is 2.29. The summed E-state index contributed by atoms with van der Waals surface area (Å²) in [5.41, 5.74) is 5.25. The highest BCUT2D eigenvalue weighted by atomic mass is 32.2. The maximum atomic E-state index is 11.7. The number of carbonyl (C=O) groups is 2. The van der Waals surface area contributed by atoms with Gasteiger partial charge in [0.05, 0.1) is 0 Å². The van der Waals surface area contributed by atoms with Crippen LogP contribution >= 0.6 is 11.8 Å². The average molecular weight is 231 g/mol. The number of hydrogen-bond acceptors (Lipinski definition) is 4. The average Bonchev–Trinajstić information content (AvgIpc) is 2.25. The third-order valence-electron chi connectivity index (χ3n) is 2.41. The van der Waals surface area contributed by atoms with Crippen LogP contribution < -0.4 is 11.1 Å². The molecule has 5 nitrogen and oxygen atoms in total. The predicted molar refractivity (Wildman–Crippen MR) is 60.6 cm³/mol. The zero-order valence-electron chi connectivity index (χ0n) is 8.86. The van der Waals surface area contributed by atoms with E-state index in [1.165, 1.54) is 0 Å². The van der Waals surface area contributed by atoms with Crippen molar-refractivity contribution >= 4 is 23.6 Å². The Balaban J connectivity index is 2.55. The summed E-state index contributed by atoms with van der Waals surface area (Å²) in [5, 5.41) is 3.06. The molecule has 0 aromatic heterocycles. The molecule has 86 valence electrons. The fourth-order valence-corrected chi connectivity index (χ4v) is 1.97. The van der Waals surface area contributed by atoms with Crippen molar-refractivity contribution in [3.8, 4) is 0 Å². The first-order valence-corrected chi connectivity index (χ1v) is 6.34. The van der Waals surface area contributed by atoms with Crippen molar-refractivity contribution in [1.82, 2.24) is 10.2 Å². The minimum atomic E-state index is -0.479. The Bertz CT molecular complexity index is 248. The van der Waals surface area contributed by atoms with Gasteiger partial charge in [-0.3, -0.25) is 9.59 Å². The normalized spacial score (nSPS) is 21.4. The number of thioether (sulfide) groups is 1. The molecule has 1 aliphatic rings. The van der Waals surface area contributed by atoms with Crippen molar-refractivity contribution in [3.05, 3.63) is 0 Å². The number of carbonyl (C=O) groups excluding carboxylic acids is 2. The number of rotatable bonds is 4. The van der Waals surface area contributed by atoms with Crippen LogP contribution in [-0.4, -0.2) is 54.4 Å². The van der Waals surface area contributed by atoms with Crippen molar-refractivity contribution in [1.29, 1.82) is 0 Å². The van der Waals surface area contributed by atoms with Crippen molar-refractivity contribution in [2.24, 2.45) is 5.73 Å². The highest BCUT2D eigenvalue weighted by Crippen LogP contribution is 2.07. The van der Waals surface area contributed by atoms with Gasteiger partial charge in [-0.05, 0) is 6.26 Å². The quantitative estimate of drug-likeness (QED) is 0.652. The van der Waals surface area contributed by atoms with Gasteiger partial charge in [-0.2, -0.15) is 11.8 Å². The van der Waals surface area contributed by atoms with E-state index >= 15 is 0 Å². The van der Waals surface area contributed by atoms with Gasteiger partial charge in [-0.1, -0.05) is 0 Å². The molecular formula is C9H17N3O2S. The van der Waals surface area contributed by atoms with E-state index in [1.54, 1.807) is 16.7 Å². The van der Waals surface area contributed by atoms with E-state index in [1.807, 2.05) is 6.26 Å². The monoisotopic (exact) mass is 231 g/mol. The molecule has 3 N–H and O–H groups in total. The van der Waals surface area contributed by atoms with E-state index in [4.69, 9.17) is 5.73 Å². The second-order valence-corrected chi connectivity index (χ2v) is 4.44. The Kier molecular flexibility index (Phi) is 4.90. The van der Waals surface area contributed by atoms with Gasteiger partial charge in [0.15, 0.2) is 0 Å². The lowest BCUT2D eigenvalue weighted by Crippen LogP contribution is -2.58. The molecule has 0 spiro atoms. The summed E-state index contributed by atoms with van der Waals surface area (Å²) in [4.78, 5) is 24.5. The molecule has 1 heterocycles. The lowest BCUT2D eigenvalue weighted by molar-refractivity contribution is -0.140. The fraction of sp³-hybridized carbons (Fsp3) is 0.778. The Hall–Kier alpha value is -0.750. The second-order valence-electron chi connectivity index (χ2n) is 3.45. The fourth-order valence-electron chi connectivity index (χ4n) is 1.59. The largest absolute Gasteiger partial charge is 0.368 e. The number of nitrogens with two attached hydrogens (primary N) is 1. The van der Waals surface area contributed by atoms with E-state index in [9.17, 15) is 9.59 Å². The SMILES string of the molecule is CSCCC(=O)N1CCNCC1C(N)=O. The van der Waals surface area contributed by atoms with Crippen LogP contribution in [0.2, 0.25) is 0 Å². The summed E-state index contributed by atoms with van der Waals surface area (Å²) >= 11 is 1.62. The number of piperazine rings is 1. The molecule has 0 saturated carbocycles. The Labute approximate surface area is 93.7 Å². The first-order chi connectivity index (χ1) is 7.16. The van der Waals surface area contributed by atoms with E-state index in [2.05, 4.69) is 5.32 Å². The molecule has 1 aliphatic heterocycles. The van der Waals surface area contributed by atoms with Crippen LogP contribution in [0.5, 0.6) is 0 Å². The first-order valence-electron chi connectivity index (χ1n) is 4.95. The van der Waals surface area contributed by atoms with E-state index in [-0.39, 0.29) is 5.91 Å². The van der Waals surface area contributed by atoms with Crippen LogP contribution in [0.25, 0.3) is 0 Å². The molecule has 6 heteroatoms. The number of hydrogen-bond donors (Lipinski definition) is 2. The van der Waals surface area contributed by atoms with E-state index in [0.29, 0.717) is 19.5 Å². The predicted octanol–water partition coefficient (Wildman–Crippen LogP) is -0.975. The van der Waals surface area contributed by atoms with E-state index < -0.39 is 11.9 Å². The van der Waals surface area contributed by atoms with Gasteiger partial charge in [0.2, 0.25) is 11.8 Å². The molecule has 0 aromatic rings. The minimum Gasteiger partial charge on any atom is -0.368 e. The number of amides is 2. The Morgan fingerprint density at radius 1 is 1.60 bits per heavy atom. The van der Waals surface area contributed by atoms with Crippen molar-refractivity contribution in [2.45, 2.75) is 12.5 Å². The molecular weight excluding hydrogens is 214 g/mol. The highest BCUT2D eigenvalue weighted by molar-refractivity contribution is 7.98. The van der Waals surface area contributed by atoms with Crippen LogP contribution in [0.15, 0.2) is 0 Å². The third kappa shape index (κ3) is 3.39. The molecule has 0 aliphatic carbocycles. The van der Waals surface area contributed by atoms with Crippen molar-refractivity contribution in [3.63, 3.8) is 0 Å². The third-order valence-corrected chi connectivity index (χ3v) is 3.02. The van der Waals surface area contributed by atoms with Crippen molar-refractivity contribution < 1.29 is 9.59 Å². The zero-order valence-corrected chi connectivity index (χ0v) is 9.68. The van der Waals surface area contributed by atoms with Gasteiger partial charge in [-0.15, -0.1) is 0 Å². The molecule has 1 unspecified atom stereocenters. The summed E-state index contributed by atoms with van der Waals surface area (Å²) in [7, 11) is 0. The first kappa shape index (κ1) is 12.3. The molecule has 1 saturated heterocycles.